The van der Waals surface area contributed by atoms with E-state index in [1.807, 2.05) is 0 Å². The lowest BCUT2D eigenvalue weighted by atomic mass is 10.2. The van der Waals surface area contributed by atoms with Crippen LogP contribution in [0.3, 0.4) is 0 Å². The zero-order valence-electron chi connectivity index (χ0n) is 11.9. The van der Waals surface area contributed by atoms with Gasteiger partial charge >= 0.3 is 0 Å². The highest BCUT2D eigenvalue weighted by Crippen LogP contribution is 2.31. The Labute approximate surface area is 128 Å². The first-order valence-corrected chi connectivity index (χ1v) is 8.70. The molecule has 1 fully saturated rings. The van der Waals surface area contributed by atoms with E-state index in [4.69, 9.17) is 4.74 Å². The highest BCUT2D eigenvalue weighted by Gasteiger charge is 2.34. The predicted molar refractivity (Wildman–Crippen MR) is 78.1 cm³/mol. The van der Waals surface area contributed by atoms with Crippen LogP contribution in [-0.4, -0.2) is 47.4 Å². The van der Waals surface area contributed by atoms with Gasteiger partial charge in [-0.15, -0.1) is 0 Å². The third kappa shape index (κ3) is 2.19. The zero-order chi connectivity index (χ0) is 15.2. The van der Waals surface area contributed by atoms with Gasteiger partial charge in [0.25, 0.3) is 0 Å². The fourth-order valence-corrected chi connectivity index (χ4v) is 4.55. The molecule has 2 aromatic rings. The van der Waals surface area contributed by atoms with Gasteiger partial charge in [0.15, 0.2) is 0 Å². The molecule has 1 aromatic carbocycles. The maximum atomic E-state index is 12.8. The molecular formula is C14H16N4O3S. The van der Waals surface area contributed by atoms with Crippen LogP contribution >= 0.6 is 0 Å². The fourth-order valence-electron chi connectivity index (χ4n) is 3.00. The first kappa shape index (κ1) is 13.7. The van der Waals surface area contributed by atoms with Gasteiger partial charge < -0.3 is 4.74 Å². The lowest BCUT2D eigenvalue weighted by Crippen LogP contribution is -2.29. The van der Waals surface area contributed by atoms with Gasteiger partial charge in [-0.1, -0.05) is 0 Å². The van der Waals surface area contributed by atoms with E-state index in [1.54, 1.807) is 35.4 Å². The summed E-state index contributed by atoms with van der Waals surface area (Å²) in [5.74, 6) is 0.791. The van der Waals surface area contributed by atoms with Crippen molar-refractivity contribution in [3.63, 3.8) is 0 Å². The average Bonchev–Trinajstić information content (AvgIpc) is 3.25. The molecule has 0 N–H and O–H groups in total. The van der Waals surface area contributed by atoms with Gasteiger partial charge in [-0.3, -0.25) is 0 Å². The first-order valence-electron chi connectivity index (χ1n) is 7.26. The summed E-state index contributed by atoms with van der Waals surface area (Å²) in [4.78, 5) is 1.93. The van der Waals surface area contributed by atoms with Gasteiger partial charge in [-0.2, -0.15) is 19.3 Å². The molecule has 4 rings (SSSR count). The van der Waals surface area contributed by atoms with E-state index < -0.39 is 10.0 Å². The summed E-state index contributed by atoms with van der Waals surface area (Å²) >= 11 is 0. The quantitative estimate of drug-likeness (QED) is 0.838. The van der Waals surface area contributed by atoms with E-state index in [9.17, 15) is 8.42 Å². The van der Waals surface area contributed by atoms with E-state index in [0.29, 0.717) is 24.6 Å². The number of hydrogen-bond donors (Lipinski definition) is 0. The Bertz CT molecular complexity index is 788. The Morgan fingerprint density at radius 2 is 2.05 bits per heavy atom. The monoisotopic (exact) mass is 320 g/mol. The molecule has 1 atom stereocenters. The second-order valence-electron chi connectivity index (χ2n) is 5.52. The summed E-state index contributed by atoms with van der Waals surface area (Å²) < 4.78 is 32.5. The molecule has 3 heterocycles. The molecule has 1 aromatic heterocycles. The Kier molecular flexibility index (Phi) is 3.16. The highest BCUT2D eigenvalue weighted by molar-refractivity contribution is 7.89. The van der Waals surface area contributed by atoms with Gasteiger partial charge in [0.1, 0.15) is 5.75 Å². The number of sulfonamides is 1. The van der Waals surface area contributed by atoms with Crippen LogP contribution in [0.4, 0.5) is 0 Å². The minimum absolute atomic E-state index is 0.00235. The SMILES string of the molecule is O=S(=O)(c1ccc2c(c1)CCO2)N1CCC(n2nccn2)C1. The Morgan fingerprint density at radius 3 is 2.86 bits per heavy atom. The smallest absolute Gasteiger partial charge is 0.243 e. The summed E-state index contributed by atoms with van der Waals surface area (Å²) in [6.07, 6.45) is 4.70. The van der Waals surface area contributed by atoms with Crippen molar-refractivity contribution in [2.45, 2.75) is 23.8 Å². The van der Waals surface area contributed by atoms with Gasteiger partial charge in [0.2, 0.25) is 10.0 Å². The van der Waals surface area contributed by atoms with Crippen LogP contribution in [0.5, 0.6) is 5.75 Å². The lowest BCUT2D eigenvalue weighted by Gasteiger charge is -2.17. The summed E-state index contributed by atoms with van der Waals surface area (Å²) in [7, 11) is -3.48. The molecule has 0 bridgehead atoms. The van der Waals surface area contributed by atoms with Crippen molar-refractivity contribution in [1.82, 2.24) is 19.3 Å². The Morgan fingerprint density at radius 1 is 1.23 bits per heavy atom. The van der Waals surface area contributed by atoms with E-state index in [0.717, 1.165) is 24.2 Å². The van der Waals surface area contributed by atoms with Crippen LogP contribution in [0.1, 0.15) is 18.0 Å². The van der Waals surface area contributed by atoms with Crippen molar-refractivity contribution in [1.29, 1.82) is 0 Å². The maximum Gasteiger partial charge on any atom is 0.243 e. The highest BCUT2D eigenvalue weighted by atomic mass is 32.2. The summed E-state index contributed by atoms with van der Waals surface area (Å²) in [6.45, 7) is 1.52. The molecule has 8 heteroatoms. The number of hydrogen-bond acceptors (Lipinski definition) is 5. The topological polar surface area (TPSA) is 77.3 Å². The van der Waals surface area contributed by atoms with Gasteiger partial charge in [0.05, 0.1) is 29.9 Å². The van der Waals surface area contributed by atoms with Crippen LogP contribution < -0.4 is 4.74 Å². The summed E-state index contributed by atoms with van der Waals surface area (Å²) in [5.41, 5.74) is 0.963. The number of rotatable bonds is 3. The summed E-state index contributed by atoms with van der Waals surface area (Å²) in [6, 6.07) is 5.11. The van der Waals surface area contributed by atoms with Crippen LogP contribution in [0, 0.1) is 0 Å². The molecule has 116 valence electrons. The van der Waals surface area contributed by atoms with E-state index in [-0.39, 0.29) is 6.04 Å². The molecule has 1 saturated heterocycles. The van der Waals surface area contributed by atoms with Crippen LogP contribution in [0.2, 0.25) is 0 Å². The number of benzene rings is 1. The number of ether oxygens (including phenoxy) is 1. The molecule has 22 heavy (non-hydrogen) atoms. The molecule has 0 aliphatic carbocycles. The second-order valence-corrected chi connectivity index (χ2v) is 7.46. The predicted octanol–water partition coefficient (Wildman–Crippen LogP) is 0.849. The van der Waals surface area contributed by atoms with Crippen molar-refractivity contribution >= 4 is 10.0 Å². The summed E-state index contributed by atoms with van der Waals surface area (Å²) in [5, 5.41) is 8.20. The Hall–Kier alpha value is -1.93. The average molecular weight is 320 g/mol. The maximum absolute atomic E-state index is 12.8. The number of fused-ring (bicyclic) bond motifs is 1. The normalized spacial score (nSPS) is 21.7. The van der Waals surface area contributed by atoms with Crippen LogP contribution in [0.15, 0.2) is 35.5 Å². The largest absolute Gasteiger partial charge is 0.493 e. The second kappa shape index (κ2) is 5.06. The number of nitrogens with zero attached hydrogens (tertiary/aromatic N) is 4. The van der Waals surface area contributed by atoms with Crippen molar-refractivity contribution in [3.8, 4) is 5.75 Å². The van der Waals surface area contributed by atoms with E-state index in [1.165, 1.54) is 4.31 Å². The first-order chi connectivity index (χ1) is 10.6. The number of aromatic nitrogens is 3. The molecule has 0 spiro atoms. The van der Waals surface area contributed by atoms with Crippen molar-refractivity contribution in [2.24, 2.45) is 0 Å². The van der Waals surface area contributed by atoms with Crippen LogP contribution in [-0.2, 0) is 16.4 Å². The minimum Gasteiger partial charge on any atom is -0.493 e. The lowest BCUT2D eigenvalue weighted by molar-refractivity contribution is 0.356. The molecule has 0 saturated carbocycles. The standard InChI is InChI=1S/C14H16N4O3S/c19-22(20,13-1-2-14-11(9-13)4-8-21-14)17-7-3-12(10-17)18-15-5-6-16-18/h1-2,5-6,9,12H,3-4,7-8,10H2. The minimum atomic E-state index is -3.48. The van der Waals surface area contributed by atoms with E-state index >= 15 is 0 Å². The third-order valence-corrected chi connectivity index (χ3v) is 6.05. The molecular weight excluding hydrogens is 304 g/mol. The molecule has 7 nitrogen and oxygen atoms in total. The zero-order valence-corrected chi connectivity index (χ0v) is 12.7. The molecule has 2 aliphatic heterocycles. The molecule has 0 radical (unpaired) electrons. The fraction of sp³-hybridized carbons (Fsp3) is 0.429. The molecule has 0 amide bonds. The van der Waals surface area contributed by atoms with Crippen LogP contribution in [0.25, 0.3) is 0 Å². The van der Waals surface area contributed by atoms with Gasteiger partial charge in [-0.05, 0) is 30.2 Å². The third-order valence-electron chi connectivity index (χ3n) is 4.19. The van der Waals surface area contributed by atoms with Crippen molar-refractivity contribution < 1.29 is 13.2 Å². The molecule has 2 aliphatic rings. The van der Waals surface area contributed by atoms with Crippen molar-refractivity contribution in [2.75, 3.05) is 19.7 Å². The Balaban J connectivity index is 1.59. The van der Waals surface area contributed by atoms with Crippen molar-refractivity contribution in [3.05, 3.63) is 36.2 Å². The van der Waals surface area contributed by atoms with Gasteiger partial charge in [0, 0.05) is 19.5 Å². The van der Waals surface area contributed by atoms with E-state index in [2.05, 4.69) is 10.2 Å². The van der Waals surface area contributed by atoms with Gasteiger partial charge in [-0.25, -0.2) is 8.42 Å². The molecule has 1 unspecified atom stereocenters.